The van der Waals surface area contributed by atoms with Gasteiger partial charge < -0.3 is 5.32 Å². The van der Waals surface area contributed by atoms with Crippen molar-refractivity contribution in [1.29, 1.82) is 0 Å². The predicted octanol–water partition coefficient (Wildman–Crippen LogP) is 4.09. The van der Waals surface area contributed by atoms with E-state index in [4.69, 9.17) is 0 Å². The summed E-state index contributed by atoms with van der Waals surface area (Å²) >= 11 is 3.40. The molecule has 0 saturated heterocycles. The summed E-state index contributed by atoms with van der Waals surface area (Å²) in [6.07, 6.45) is 3.88. The molecule has 1 aliphatic carbocycles. The maximum Gasteiger partial charge on any atom is 0.0268 e. The molecule has 0 heterocycles. The minimum absolute atomic E-state index is 0.465. The first-order valence-corrected chi connectivity index (χ1v) is 6.56. The van der Waals surface area contributed by atoms with Gasteiger partial charge in [0.2, 0.25) is 0 Å². The zero-order chi connectivity index (χ0) is 11.7. The van der Waals surface area contributed by atoms with E-state index in [2.05, 4.69) is 55.5 Å². The molecule has 0 radical (unpaired) electrons. The Hall–Kier alpha value is 0.180. The van der Waals surface area contributed by atoms with Crippen molar-refractivity contribution in [2.75, 3.05) is 6.54 Å². The van der Waals surface area contributed by atoms with E-state index < -0.39 is 0 Å². The molecule has 0 amide bonds. The maximum atomic E-state index is 3.87. The molecule has 0 aromatic heterocycles. The van der Waals surface area contributed by atoms with Gasteiger partial charge in [-0.05, 0) is 30.1 Å². The number of hydrogen-bond acceptors (Lipinski definition) is 1. The molecule has 0 aromatic carbocycles. The summed E-state index contributed by atoms with van der Waals surface area (Å²) in [5.41, 5.74) is 0.931. The maximum absolute atomic E-state index is 3.87. The van der Waals surface area contributed by atoms with Gasteiger partial charge in [-0.25, -0.2) is 0 Å². The standard InChI is InChI=1S/C13H24BrN/c1-10(14)8-15-11-6-12(2,3)9-13(4,5)7-11/h11,15H,1,6-9H2,2-5H3. The van der Waals surface area contributed by atoms with E-state index in [1.165, 1.54) is 19.3 Å². The van der Waals surface area contributed by atoms with E-state index in [1.807, 2.05) is 0 Å². The minimum Gasteiger partial charge on any atom is -0.309 e. The van der Waals surface area contributed by atoms with Crippen LogP contribution in [-0.2, 0) is 0 Å². The lowest BCUT2D eigenvalue weighted by Crippen LogP contribution is -2.44. The highest BCUT2D eigenvalue weighted by molar-refractivity contribution is 9.11. The summed E-state index contributed by atoms with van der Waals surface area (Å²) in [5.74, 6) is 0. The van der Waals surface area contributed by atoms with Gasteiger partial charge in [0.05, 0.1) is 0 Å². The predicted molar refractivity (Wildman–Crippen MR) is 71.3 cm³/mol. The molecular weight excluding hydrogens is 250 g/mol. The number of halogens is 1. The van der Waals surface area contributed by atoms with Crippen molar-refractivity contribution in [2.24, 2.45) is 10.8 Å². The molecular formula is C13H24BrN. The van der Waals surface area contributed by atoms with Gasteiger partial charge in [0.15, 0.2) is 0 Å². The summed E-state index contributed by atoms with van der Waals surface area (Å²) in [6.45, 7) is 14.3. The fourth-order valence-corrected chi connectivity index (χ4v) is 3.41. The first-order valence-electron chi connectivity index (χ1n) is 5.77. The lowest BCUT2D eigenvalue weighted by Gasteiger charge is -2.45. The van der Waals surface area contributed by atoms with E-state index in [0.29, 0.717) is 16.9 Å². The van der Waals surface area contributed by atoms with Gasteiger partial charge in [0, 0.05) is 17.1 Å². The number of hydrogen-bond donors (Lipinski definition) is 1. The van der Waals surface area contributed by atoms with Crippen LogP contribution in [0.5, 0.6) is 0 Å². The highest BCUT2D eigenvalue weighted by Gasteiger charge is 2.37. The molecule has 0 unspecified atom stereocenters. The van der Waals surface area contributed by atoms with Crippen LogP contribution in [-0.4, -0.2) is 12.6 Å². The second-order valence-corrected chi connectivity index (χ2v) is 7.63. The average Bonchev–Trinajstić information content (AvgIpc) is 1.94. The molecule has 1 saturated carbocycles. The van der Waals surface area contributed by atoms with E-state index in [9.17, 15) is 0 Å². The summed E-state index contributed by atoms with van der Waals surface area (Å²) < 4.78 is 1.05. The van der Waals surface area contributed by atoms with Gasteiger partial charge in [-0.3, -0.25) is 0 Å². The quantitative estimate of drug-likeness (QED) is 0.817. The van der Waals surface area contributed by atoms with Crippen molar-refractivity contribution >= 4 is 15.9 Å². The SMILES string of the molecule is C=C(Br)CNC1CC(C)(C)CC(C)(C)C1. The molecule has 15 heavy (non-hydrogen) atoms. The van der Waals surface area contributed by atoms with Crippen LogP contribution in [0.2, 0.25) is 0 Å². The lowest BCUT2D eigenvalue weighted by molar-refractivity contribution is 0.0865. The van der Waals surface area contributed by atoms with Gasteiger partial charge in [-0.15, -0.1) is 0 Å². The van der Waals surface area contributed by atoms with Crippen LogP contribution in [0.1, 0.15) is 47.0 Å². The molecule has 88 valence electrons. The Balaban J connectivity index is 2.55. The van der Waals surface area contributed by atoms with Crippen LogP contribution in [0.15, 0.2) is 11.1 Å². The van der Waals surface area contributed by atoms with E-state index >= 15 is 0 Å². The zero-order valence-electron chi connectivity index (χ0n) is 10.5. The van der Waals surface area contributed by atoms with Gasteiger partial charge in [0.1, 0.15) is 0 Å². The zero-order valence-corrected chi connectivity index (χ0v) is 12.1. The van der Waals surface area contributed by atoms with Crippen molar-refractivity contribution in [3.63, 3.8) is 0 Å². The summed E-state index contributed by atoms with van der Waals surface area (Å²) in [4.78, 5) is 0. The average molecular weight is 274 g/mol. The van der Waals surface area contributed by atoms with Crippen LogP contribution in [0, 0.1) is 10.8 Å². The molecule has 1 nitrogen and oxygen atoms in total. The fourth-order valence-electron chi connectivity index (χ4n) is 3.25. The molecule has 0 spiro atoms. The number of nitrogens with one attached hydrogen (secondary N) is 1. The van der Waals surface area contributed by atoms with Gasteiger partial charge in [-0.2, -0.15) is 0 Å². The highest BCUT2D eigenvalue weighted by Crippen LogP contribution is 2.45. The smallest absolute Gasteiger partial charge is 0.0268 e. The van der Waals surface area contributed by atoms with Crippen LogP contribution in [0.3, 0.4) is 0 Å². The van der Waals surface area contributed by atoms with Crippen LogP contribution in [0.25, 0.3) is 0 Å². The van der Waals surface area contributed by atoms with Crippen molar-refractivity contribution in [3.8, 4) is 0 Å². The topological polar surface area (TPSA) is 12.0 Å². The van der Waals surface area contributed by atoms with Crippen molar-refractivity contribution in [1.82, 2.24) is 5.32 Å². The Kier molecular flexibility index (Phi) is 4.05. The number of rotatable bonds is 3. The third-order valence-electron chi connectivity index (χ3n) is 3.14. The Morgan fingerprint density at radius 3 is 2.13 bits per heavy atom. The molecule has 0 bridgehead atoms. The molecule has 1 rings (SSSR count). The third kappa shape index (κ3) is 4.69. The molecule has 0 aliphatic heterocycles. The first-order chi connectivity index (χ1) is 6.70. The minimum atomic E-state index is 0.465. The third-order valence-corrected chi connectivity index (χ3v) is 3.42. The van der Waals surface area contributed by atoms with Gasteiger partial charge in [-0.1, -0.05) is 50.2 Å². The molecule has 2 heteroatoms. The highest BCUT2D eigenvalue weighted by atomic mass is 79.9. The summed E-state index contributed by atoms with van der Waals surface area (Å²) in [7, 11) is 0. The van der Waals surface area contributed by atoms with E-state index in [0.717, 1.165) is 11.0 Å². The second kappa shape index (κ2) is 4.58. The summed E-state index contributed by atoms with van der Waals surface area (Å²) in [6, 6.07) is 0.637. The van der Waals surface area contributed by atoms with Crippen molar-refractivity contribution in [2.45, 2.75) is 53.0 Å². The Labute approximate surface area is 103 Å². The molecule has 0 aromatic rings. The Morgan fingerprint density at radius 1 is 1.27 bits per heavy atom. The monoisotopic (exact) mass is 273 g/mol. The van der Waals surface area contributed by atoms with Gasteiger partial charge in [0.25, 0.3) is 0 Å². The Bertz CT molecular complexity index is 227. The Morgan fingerprint density at radius 2 is 1.73 bits per heavy atom. The van der Waals surface area contributed by atoms with Crippen molar-refractivity contribution in [3.05, 3.63) is 11.1 Å². The van der Waals surface area contributed by atoms with Gasteiger partial charge >= 0.3 is 0 Å². The fraction of sp³-hybridized carbons (Fsp3) is 0.846. The van der Waals surface area contributed by atoms with Crippen molar-refractivity contribution < 1.29 is 0 Å². The van der Waals surface area contributed by atoms with Crippen LogP contribution in [0.4, 0.5) is 0 Å². The van der Waals surface area contributed by atoms with E-state index in [1.54, 1.807) is 0 Å². The summed E-state index contributed by atoms with van der Waals surface area (Å²) in [5, 5.41) is 3.59. The lowest BCUT2D eigenvalue weighted by atomic mass is 9.63. The molecule has 1 N–H and O–H groups in total. The molecule has 1 aliphatic rings. The van der Waals surface area contributed by atoms with Crippen LogP contribution >= 0.6 is 15.9 Å². The van der Waals surface area contributed by atoms with Crippen LogP contribution < -0.4 is 5.32 Å². The normalized spacial score (nSPS) is 25.1. The van der Waals surface area contributed by atoms with E-state index in [-0.39, 0.29) is 0 Å². The molecule has 0 atom stereocenters. The molecule has 1 fully saturated rings. The largest absolute Gasteiger partial charge is 0.309 e. The second-order valence-electron chi connectivity index (χ2n) is 6.51. The first kappa shape index (κ1) is 13.2.